The van der Waals surface area contributed by atoms with Crippen molar-refractivity contribution in [1.82, 2.24) is 4.57 Å². The second kappa shape index (κ2) is 10.9. The van der Waals surface area contributed by atoms with Crippen LogP contribution in [0.3, 0.4) is 0 Å². The van der Waals surface area contributed by atoms with Gasteiger partial charge in [-0.25, -0.2) is 4.79 Å². The van der Waals surface area contributed by atoms with Crippen molar-refractivity contribution < 1.29 is 23.7 Å². The van der Waals surface area contributed by atoms with E-state index >= 15 is 0 Å². The highest BCUT2D eigenvalue weighted by molar-refractivity contribution is 5.74. The van der Waals surface area contributed by atoms with Crippen molar-refractivity contribution >= 4 is 5.97 Å². The van der Waals surface area contributed by atoms with Crippen LogP contribution in [-0.4, -0.2) is 36.5 Å². The second-order valence-corrected chi connectivity index (χ2v) is 7.77. The molecule has 0 spiro atoms. The molecule has 1 aromatic heterocycles. The standard InChI is InChI=1S/C24H31NO6/c1-17-23(30-18(2)24(27)31-21-7-5-4-6-8-21)22(26)13-14-25(17)15-16-29-20-11-9-19(28-3)10-12-20/h9-14,18,21H,4-8,15-16H2,1-3H3. The van der Waals surface area contributed by atoms with Gasteiger partial charge in [-0.3, -0.25) is 4.79 Å². The number of rotatable bonds is 9. The number of benzene rings is 1. The number of aromatic nitrogens is 1. The summed E-state index contributed by atoms with van der Waals surface area (Å²) in [5, 5.41) is 0. The summed E-state index contributed by atoms with van der Waals surface area (Å²) in [6.45, 7) is 4.35. The van der Waals surface area contributed by atoms with Gasteiger partial charge in [-0.15, -0.1) is 0 Å². The van der Waals surface area contributed by atoms with E-state index in [1.54, 1.807) is 27.2 Å². The first kappa shape index (κ1) is 22.7. The molecule has 0 amide bonds. The maximum Gasteiger partial charge on any atom is 0.347 e. The largest absolute Gasteiger partial charge is 0.497 e. The van der Waals surface area contributed by atoms with Gasteiger partial charge in [0, 0.05) is 12.3 Å². The van der Waals surface area contributed by atoms with Crippen molar-refractivity contribution in [1.29, 1.82) is 0 Å². The summed E-state index contributed by atoms with van der Waals surface area (Å²) in [6, 6.07) is 8.78. The van der Waals surface area contributed by atoms with Crippen molar-refractivity contribution in [3.63, 3.8) is 0 Å². The fraction of sp³-hybridized carbons (Fsp3) is 0.500. The van der Waals surface area contributed by atoms with E-state index in [4.69, 9.17) is 18.9 Å². The Hall–Kier alpha value is -2.96. The number of nitrogens with zero attached hydrogens (tertiary/aromatic N) is 1. The summed E-state index contributed by atoms with van der Waals surface area (Å²) in [4.78, 5) is 24.8. The van der Waals surface area contributed by atoms with Gasteiger partial charge in [0.05, 0.1) is 19.3 Å². The zero-order valence-electron chi connectivity index (χ0n) is 18.5. The molecule has 168 valence electrons. The van der Waals surface area contributed by atoms with Crippen molar-refractivity contribution in [3.8, 4) is 17.2 Å². The molecule has 1 fully saturated rings. The summed E-state index contributed by atoms with van der Waals surface area (Å²) in [5.74, 6) is 1.24. The van der Waals surface area contributed by atoms with E-state index in [9.17, 15) is 9.59 Å². The molecule has 0 N–H and O–H groups in total. The number of methoxy groups -OCH3 is 1. The number of carbonyl (C=O) groups excluding carboxylic acids is 1. The normalized spacial score (nSPS) is 15.2. The Morgan fingerprint density at radius 2 is 1.77 bits per heavy atom. The van der Waals surface area contributed by atoms with Crippen LogP contribution in [0.15, 0.2) is 41.3 Å². The molecule has 0 aliphatic heterocycles. The fourth-order valence-electron chi connectivity index (χ4n) is 3.64. The first-order valence-electron chi connectivity index (χ1n) is 10.8. The number of hydrogen-bond acceptors (Lipinski definition) is 6. The van der Waals surface area contributed by atoms with Crippen LogP contribution in [0.1, 0.15) is 44.7 Å². The molecule has 1 aromatic carbocycles. The Morgan fingerprint density at radius 3 is 2.45 bits per heavy atom. The molecule has 3 rings (SSSR count). The Bertz CT molecular complexity index is 915. The predicted octanol–water partition coefficient (Wildman–Crippen LogP) is 3.89. The number of carbonyl (C=O) groups is 1. The minimum Gasteiger partial charge on any atom is -0.497 e. The van der Waals surface area contributed by atoms with E-state index < -0.39 is 12.1 Å². The minimum absolute atomic E-state index is 0.0454. The van der Waals surface area contributed by atoms with Crippen LogP contribution >= 0.6 is 0 Å². The van der Waals surface area contributed by atoms with Crippen LogP contribution in [0, 0.1) is 6.92 Å². The van der Waals surface area contributed by atoms with E-state index in [1.807, 2.05) is 28.8 Å². The lowest BCUT2D eigenvalue weighted by Crippen LogP contribution is -2.33. The van der Waals surface area contributed by atoms with E-state index in [1.165, 1.54) is 12.5 Å². The lowest BCUT2D eigenvalue weighted by molar-refractivity contribution is -0.158. The van der Waals surface area contributed by atoms with Gasteiger partial charge in [-0.2, -0.15) is 0 Å². The summed E-state index contributed by atoms with van der Waals surface area (Å²) in [5.41, 5.74) is 0.380. The molecule has 1 heterocycles. The molecule has 0 bridgehead atoms. The highest BCUT2D eigenvalue weighted by Crippen LogP contribution is 2.22. The van der Waals surface area contributed by atoms with Crippen LogP contribution < -0.4 is 19.6 Å². The van der Waals surface area contributed by atoms with Gasteiger partial charge >= 0.3 is 5.97 Å². The number of ether oxygens (including phenoxy) is 4. The Kier molecular flexibility index (Phi) is 7.98. The van der Waals surface area contributed by atoms with Gasteiger partial charge in [0.1, 0.15) is 24.2 Å². The topological polar surface area (TPSA) is 76.0 Å². The molecular formula is C24H31NO6. The number of hydrogen-bond donors (Lipinski definition) is 0. The molecule has 7 heteroatoms. The molecule has 7 nitrogen and oxygen atoms in total. The van der Waals surface area contributed by atoms with Crippen molar-refractivity contribution in [2.45, 2.75) is 64.7 Å². The number of pyridine rings is 1. The van der Waals surface area contributed by atoms with Gasteiger partial charge < -0.3 is 23.5 Å². The summed E-state index contributed by atoms with van der Waals surface area (Å²) < 4.78 is 24.1. The molecule has 0 saturated heterocycles. The molecule has 31 heavy (non-hydrogen) atoms. The Labute approximate surface area is 182 Å². The third-order valence-electron chi connectivity index (χ3n) is 5.51. The second-order valence-electron chi connectivity index (χ2n) is 7.77. The maximum absolute atomic E-state index is 12.4. The van der Waals surface area contributed by atoms with E-state index in [0.717, 1.165) is 37.2 Å². The quantitative estimate of drug-likeness (QED) is 0.563. The lowest BCUT2D eigenvalue weighted by Gasteiger charge is -2.24. The molecule has 0 radical (unpaired) electrons. The molecule has 1 aliphatic rings. The summed E-state index contributed by atoms with van der Waals surface area (Å²) >= 11 is 0. The molecule has 1 aliphatic carbocycles. The van der Waals surface area contributed by atoms with Crippen LogP contribution in [0.2, 0.25) is 0 Å². The highest BCUT2D eigenvalue weighted by Gasteiger charge is 2.24. The monoisotopic (exact) mass is 429 g/mol. The Balaban J connectivity index is 1.58. The van der Waals surface area contributed by atoms with Gasteiger partial charge in [0.25, 0.3) is 0 Å². The molecule has 1 saturated carbocycles. The third kappa shape index (κ3) is 6.26. The first-order chi connectivity index (χ1) is 15.0. The van der Waals surface area contributed by atoms with E-state index in [-0.39, 0.29) is 17.3 Å². The van der Waals surface area contributed by atoms with Crippen LogP contribution in [0.25, 0.3) is 0 Å². The molecule has 1 unspecified atom stereocenters. The number of esters is 1. The van der Waals surface area contributed by atoms with Crippen molar-refractivity contribution in [2.75, 3.05) is 13.7 Å². The van der Waals surface area contributed by atoms with Crippen molar-refractivity contribution in [3.05, 3.63) is 52.4 Å². The third-order valence-corrected chi connectivity index (χ3v) is 5.51. The Morgan fingerprint density at radius 1 is 1.10 bits per heavy atom. The van der Waals surface area contributed by atoms with E-state index in [2.05, 4.69) is 0 Å². The van der Waals surface area contributed by atoms with Gasteiger partial charge in [-0.1, -0.05) is 6.42 Å². The van der Waals surface area contributed by atoms with Crippen LogP contribution in [-0.2, 0) is 16.1 Å². The van der Waals surface area contributed by atoms with Crippen LogP contribution in [0.4, 0.5) is 0 Å². The fourth-order valence-corrected chi connectivity index (χ4v) is 3.64. The van der Waals surface area contributed by atoms with Gasteiger partial charge in [-0.05, 0) is 63.8 Å². The average Bonchev–Trinajstić information content (AvgIpc) is 2.79. The molecule has 2 aromatic rings. The average molecular weight is 430 g/mol. The van der Waals surface area contributed by atoms with E-state index in [0.29, 0.717) is 18.8 Å². The van der Waals surface area contributed by atoms with Crippen LogP contribution in [0.5, 0.6) is 17.2 Å². The highest BCUT2D eigenvalue weighted by atomic mass is 16.6. The smallest absolute Gasteiger partial charge is 0.347 e. The zero-order chi connectivity index (χ0) is 22.2. The molecular weight excluding hydrogens is 398 g/mol. The predicted molar refractivity (Wildman–Crippen MR) is 117 cm³/mol. The summed E-state index contributed by atoms with van der Waals surface area (Å²) in [6.07, 6.45) is 5.93. The van der Waals surface area contributed by atoms with Crippen molar-refractivity contribution in [2.24, 2.45) is 0 Å². The first-order valence-corrected chi connectivity index (χ1v) is 10.8. The van der Waals surface area contributed by atoms with Gasteiger partial charge in [0.2, 0.25) is 5.43 Å². The van der Waals surface area contributed by atoms with Gasteiger partial charge in [0.15, 0.2) is 11.9 Å². The maximum atomic E-state index is 12.4. The zero-order valence-corrected chi connectivity index (χ0v) is 18.5. The molecule has 1 atom stereocenters. The SMILES string of the molecule is COc1ccc(OCCn2ccc(=O)c(OC(C)C(=O)OC3CCCCC3)c2C)cc1. The minimum atomic E-state index is -0.847. The lowest BCUT2D eigenvalue weighted by atomic mass is 9.98. The summed E-state index contributed by atoms with van der Waals surface area (Å²) in [7, 11) is 1.62.